The normalized spacial score (nSPS) is 30.3. The van der Waals surface area contributed by atoms with E-state index in [4.69, 9.17) is 4.74 Å². The summed E-state index contributed by atoms with van der Waals surface area (Å²) in [6.07, 6.45) is 4.51. The molecule has 0 radical (unpaired) electrons. The average molecular weight is 240 g/mol. The minimum absolute atomic E-state index is 0.0143. The summed E-state index contributed by atoms with van der Waals surface area (Å²) in [5.74, 6) is -0.0536. The maximum absolute atomic E-state index is 11.8. The summed E-state index contributed by atoms with van der Waals surface area (Å²) in [6.45, 7) is 3.37. The second-order valence-corrected chi connectivity index (χ2v) is 4.83. The number of ether oxygens (including phenoxy) is 1. The Bertz CT molecular complexity index is 300. The van der Waals surface area contributed by atoms with Crippen LogP contribution >= 0.6 is 0 Å². The lowest BCUT2D eigenvalue weighted by Gasteiger charge is -2.32. The zero-order valence-electron chi connectivity index (χ0n) is 10.3. The molecule has 2 fully saturated rings. The van der Waals surface area contributed by atoms with Crippen LogP contribution in [0.5, 0.6) is 0 Å². The summed E-state index contributed by atoms with van der Waals surface area (Å²) < 4.78 is 5.62. The number of hydrogen-bond donors (Lipinski definition) is 1. The highest BCUT2D eigenvalue weighted by atomic mass is 16.5. The number of hydrogen-bond acceptors (Lipinski definition) is 3. The molecule has 0 aromatic heterocycles. The number of nitrogens with zero attached hydrogens (tertiary/aromatic N) is 1. The van der Waals surface area contributed by atoms with Gasteiger partial charge in [0.25, 0.3) is 0 Å². The molecule has 0 bridgehead atoms. The van der Waals surface area contributed by atoms with Gasteiger partial charge in [-0.1, -0.05) is 0 Å². The van der Waals surface area contributed by atoms with Gasteiger partial charge in [0, 0.05) is 13.2 Å². The molecule has 5 heteroatoms. The molecule has 5 nitrogen and oxygen atoms in total. The Morgan fingerprint density at radius 1 is 1.41 bits per heavy atom. The van der Waals surface area contributed by atoms with Crippen LogP contribution in [-0.2, 0) is 14.3 Å². The van der Waals surface area contributed by atoms with Gasteiger partial charge in [0.2, 0.25) is 11.8 Å². The van der Waals surface area contributed by atoms with Gasteiger partial charge in [-0.15, -0.1) is 0 Å². The molecule has 1 N–H and O–H groups in total. The van der Waals surface area contributed by atoms with E-state index in [-0.39, 0.29) is 30.5 Å². The largest absolute Gasteiger partial charge is 0.378 e. The quantitative estimate of drug-likeness (QED) is 0.771. The topological polar surface area (TPSA) is 58.6 Å². The first-order chi connectivity index (χ1) is 8.16. The van der Waals surface area contributed by atoms with Gasteiger partial charge in [-0.2, -0.15) is 0 Å². The van der Waals surface area contributed by atoms with E-state index >= 15 is 0 Å². The van der Waals surface area contributed by atoms with E-state index in [9.17, 15) is 9.59 Å². The third-order valence-corrected chi connectivity index (χ3v) is 3.39. The van der Waals surface area contributed by atoms with E-state index in [2.05, 4.69) is 5.32 Å². The van der Waals surface area contributed by atoms with E-state index in [1.54, 1.807) is 11.8 Å². The Hall–Kier alpha value is -1.10. The van der Waals surface area contributed by atoms with Crippen molar-refractivity contribution in [2.45, 2.75) is 44.8 Å². The first-order valence-electron chi connectivity index (χ1n) is 6.36. The molecule has 17 heavy (non-hydrogen) atoms. The van der Waals surface area contributed by atoms with Crippen molar-refractivity contribution in [1.29, 1.82) is 0 Å². The monoisotopic (exact) mass is 240 g/mol. The molecular formula is C12H20N2O3. The molecule has 2 unspecified atom stereocenters. The van der Waals surface area contributed by atoms with Crippen molar-refractivity contribution in [3.63, 3.8) is 0 Å². The molecular weight excluding hydrogens is 220 g/mol. The lowest BCUT2D eigenvalue weighted by atomic mass is 10.1. The lowest BCUT2D eigenvalue weighted by molar-refractivity contribution is -0.144. The molecule has 0 saturated carbocycles. The van der Waals surface area contributed by atoms with Crippen LogP contribution in [-0.4, -0.2) is 48.6 Å². The first kappa shape index (κ1) is 12.4. The molecule has 2 saturated heterocycles. The number of piperazine rings is 1. The summed E-state index contributed by atoms with van der Waals surface area (Å²) in [4.78, 5) is 24.8. The fourth-order valence-electron chi connectivity index (χ4n) is 2.40. The van der Waals surface area contributed by atoms with Gasteiger partial charge < -0.3 is 15.0 Å². The smallest absolute Gasteiger partial charge is 0.245 e. The second kappa shape index (κ2) is 5.49. The van der Waals surface area contributed by atoms with Crippen molar-refractivity contribution in [1.82, 2.24) is 10.2 Å². The van der Waals surface area contributed by atoms with Crippen LogP contribution in [0.25, 0.3) is 0 Å². The molecule has 0 aromatic carbocycles. The van der Waals surface area contributed by atoms with Crippen LogP contribution in [0, 0.1) is 0 Å². The van der Waals surface area contributed by atoms with E-state index in [0.29, 0.717) is 6.54 Å². The highest BCUT2D eigenvalue weighted by Gasteiger charge is 2.29. The molecule has 0 spiro atoms. The summed E-state index contributed by atoms with van der Waals surface area (Å²) in [5.41, 5.74) is 0. The van der Waals surface area contributed by atoms with Crippen molar-refractivity contribution >= 4 is 11.8 Å². The number of carbonyl (C=O) groups is 2. The molecule has 2 aliphatic rings. The SMILES string of the molecule is CC1NC(=O)CN(CCC2CCCCO2)C1=O. The van der Waals surface area contributed by atoms with Crippen LogP contribution in [0.2, 0.25) is 0 Å². The van der Waals surface area contributed by atoms with Crippen LogP contribution in [0.15, 0.2) is 0 Å². The Morgan fingerprint density at radius 3 is 2.94 bits per heavy atom. The van der Waals surface area contributed by atoms with E-state index in [0.717, 1.165) is 25.9 Å². The van der Waals surface area contributed by atoms with Crippen molar-refractivity contribution in [3.8, 4) is 0 Å². The van der Waals surface area contributed by atoms with Crippen molar-refractivity contribution < 1.29 is 14.3 Å². The van der Waals surface area contributed by atoms with Gasteiger partial charge in [-0.3, -0.25) is 9.59 Å². The van der Waals surface area contributed by atoms with E-state index in [1.165, 1.54) is 6.42 Å². The van der Waals surface area contributed by atoms with E-state index in [1.807, 2.05) is 0 Å². The molecule has 96 valence electrons. The number of nitrogens with one attached hydrogen (secondary N) is 1. The van der Waals surface area contributed by atoms with Gasteiger partial charge >= 0.3 is 0 Å². The summed E-state index contributed by atoms with van der Waals surface area (Å²) in [5, 5.41) is 2.64. The second-order valence-electron chi connectivity index (χ2n) is 4.83. The zero-order chi connectivity index (χ0) is 12.3. The number of rotatable bonds is 3. The number of carbonyl (C=O) groups excluding carboxylic acids is 2. The predicted octanol–water partition coefficient (Wildman–Crippen LogP) is 0.292. The summed E-state index contributed by atoms with van der Waals surface area (Å²) in [7, 11) is 0. The molecule has 2 heterocycles. The van der Waals surface area contributed by atoms with Crippen LogP contribution < -0.4 is 5.32 Å². The van der Waals surface area contributed by atoms with E-state index < -0.39 is 0 Å². The fourth-order valence-corrected chi connectivity index (χ4v) is 2.40. The summed E-state index contributed by atoms with van der Waals surface area (Å²) in [6, 6.07) is -0.386. The van der Waals surface area contributed by atoms with Gasteiger partial charge in [-0.05, 0) is 32.6 Å². The Kier molecular flexibility index (Phi) is 3.99. The highest BCUT2D eigenvalue weighted by Crippen LogP contribution is 2.16. The van der Waals surface area contributed by atoms with Crippen LogP contribution in [0.4, 0.5) is 0 Å². The van der Waals surface area contributed by atoms with Gasteiger partial charge in [-0.25, -0.2) is 0 Å². The fraction of sp³-hybridized carbons (Fsp3) is 0.833. The Morgan fingerprint density at radius 2 is 2.24 bits per heavy atom. The maximum Gasteiger partial charge on any atom is 0.245 e. The third-order valence-electron chi connectivity index (χ3n) is 3.39. The van der Waals surface area contributed by atoms with Gasteiger partial charge in [0.15, 0.2) is 0 Å². The number of amides is 2. The molecule has 2 rings (SSSR count). The third kappa shape index (κ3) is 3.19. The molecule has 2 amide bonds. The molecule has 0 aromatic rings. The van der Waals surface area contributed by atoms with Gasteiger partial charge in [0.05, 0.1) is 12.6 Å². The minimum atomic E-state index is -0.386. The Balaban J connectivity index is 1.80. The summed E-state index contributed by atoms with van der Waals surface area (Å²) >= 11 is 0. The maximum atomic E-state index is 11.8. The van der Waals surface area contributed by atoms with Crippen molar-refractivity contribution in [2.75, 3.05) is 19.7 Å². The molecule has 0 aliphatic carbocycles. The standard InChI is InChI=1S/C12H20N2O3/c1-9-12(16)14(8-11(15)13-9)6-5-10-4-2-3-7-17-10/h9-10H,2-8H2,1H3,(H,13,15). The minimum Gasteiger partial charge on any atom is -0.378 e. The first-order valence-corrected chi connectivity index (χ1v) is 6.36. The van der Waals surface area contributed by atoms with Gasteiger partial charge in [0.1, 0.15) is 6.04 Å². The average Bonchev–Trinajstić information content (AvgIpc) is 2.33. The lowest BCUT2D eigenvalue weighted by Crippen LogP contribution is -2.57. The Labute approximate surface area is 101 Å². The van der Waals surface area contributed by atoms with Crippen molar-refractivity contribution in [3.05, 3.63) is 0 Å². The predicted molar refractivity (Wildman–Crippen MR) is 62.4 cm³/mol. The molecule has 2 aliphatic heterocycles. The molecule has 2 atom stereocenters. The van der Waals surface area contributed by atoms with Crippen LogP contribution in [0.3, 0.4) is 0 Å². The van der Waals surface area contributed by atoms with Crippen LogP contribution in [0.1, 0.15) is 32.6 Å². The zero-order valence-corrected chi connectivity index (χ0v) is 10.3. The van der Waals surface area contributed by atoms with Crippen molar-refractivity contribution in [2.24, 2.45) is 0 Å². The highest BCUT2D eigenvalue weighted by molar-refractivity contribution is 5.94.